The average molecular weight is 525 g/mol. The summed E-state index contributed by atoms with van der Waals surface area (Å²) < 4.78 is 11.3. The zero-order valence-corrected chi connectivity index (χ0v) is 20.8. The Kier molecular flexibility index (Phi) is 7.93. The Balaban J connectivity index is 1.55. The highest BCUT2D eigenvalue weighted by Crippen LogP contribution is 2.35. The normalized spacial score (nSPS) is 14.7. The molecule has 0 unspecified atom stereocenters. The number of anilines is 1. The molecule has 1 N–H and O–H groups in total. The van der Waals surface area contributed by atoms with Crippen LogP contribution in [0.25, 0.3) is 6.08 Å². The highest BCUT2D eigenvalue weighted by Gasteiger charge is 2.36. The van der Waals surface area contributed by atoms with Crippen LogP contribution >= 0.6 is 23.2 Å². The Morgan fingerprint density at radius 3 is 2.22 bits per heavy atom. The van der Waals surface area contributed by atoms with Gasteiger partial charge in [-0.15, -0.1) is 0 Å². The fourth-order valence-electron chi connectivity index (χ4n) is 3.50. The molecule has 9 heteroatoms. The third-order valence-corrected chi connectivity index (χ3v) is 5.79. The van der Waals surface area contributed by atoms with Crippen molar-refractivity contribution in [1.82, 2.24) is 5.32 Å². The molecular formula is C27H22Cl2N2O5. The summed E-state index contributed by atoms with van der Waals surface area (Å²) >= 11 is 12.6. The third-order valence-electron chi connectivity index (χ3n) is 5.23. The molecule has 0 aromatic heterocycles. The zero-order chi connectivity index (χ0) is 25.7. The van der Waals surface area contributed by atoms with Gasteiger partial charge in [-0.05, 0) is 60.0 Å². The average Bonchev–Trinajstić information content (AvgIpc) is 2.86. The summed E-state index contributed by atoms with van der Waals surface area (Å²) in [6.07, 6.45) is 2.10. The lowest BCUT2D eigenvalue weighted by Gasteiger charge is -2.26. The SMILES string of the molecule is CCCOc1c(Cl)cc(/C=C2\C(=O)NC(=O)N(c3ccc(OCc4ccccc4)cc3)C2=O)cc1Cl. The van der Waals surface area contributed by atoms with Crippen LogP contribution in [0.3, 0.4) is 0 Å². The molecule has 0 radical (unpaired) electrons. The summed E-state index contributed by atoms with van der Waals surface area (Å²) in [6, 6.07) is 18.3. The van der Waals surface area contributed by atoms with Gasteiger partial charge >= 0.3 is 6.03 Å². The molecule has 4 amide bonds. The number of ether oxygens (including phenoxy) is 2. The number of hydrogen-bond acceptors (Lipinski definition) is 5. The van der Waals surface area contributed by atoms with Gasteiger partial charge in [0.25, 0.3) is 11.8 Å². The first-order valence-electron chi connectivity index (χ1n) is 11.2. The van der Waals surface area contributed by atoms with Crippen LogP contribution in [0.15, 0.2) is 72.3 Å². The molecule has 1 saturated heterocycles. The lowest BCUT2D eigenvalue weighted by molar-refractivity contribution is -0.122. The van der Waals surface area contributed by atoms with Gasteiger partial charge in [-0.25, -0.2) is 9.69 Å². The summed E-state index contributed by atoms with van der Waals surface area (Å²) in [4.78, 5) is 39.1. The number of amides is 4. The number of benzene rings is 3. The molecule has 1 heterocycles. The minimum Gasteiger partial charge on any atom is -0.490 e. The number of nitrogens with one attached hydrogen (secondary N) is 1. The van der Waals surface area contributed by atoms with Crippen LogP contribution in [0.5, 0.6) is 11.5 Å². The molecule has 184 valence electrons. The summed E-state index contributed by atoms with van der Waals surface area (Å²) in [5.41, 5.74) is 1.45. The Bertz CT molecular complexity index is 1300. The fraction of sp³-hybridized carbons (Fsp3) is 0.148. The maximum Gasteiger partial charge on any atom is 0.335 e. The minimum atomic E-state index is -0.848. The highest BCUT2D eigenvalue weighted by molar-refractivity contribution is 6.40. The van der Waals surface area contributed by atoms with E-state index < -0.39 is 17.8 Å². The summed E-state index contributed by atoms with van der Waals surface area (Å²) in [7, 11) is 0. The second kappa shape index (κ2) is 11.3. The second-order valence-corrected chi connectivity index (χ2v) is 8.70. The van der Waals surface area contributed by atoms with Crippen LogP contribution < -0.4 is 19.7 Å². The van der Waals surface area contributed by atoms with Crippen molar-refractivity contribution in [1.29, 1.82) is 0 Å². The van der Waals surface area contributed by atoms with E-state index >= 15 is 0 Å². The monoisotopic (exact) mass is 524 g/mol. The highest BCUT2D eigenvalue weighted by atomic mass is 35.5. The van der Waals surface area contributed by atoms with Gasteiger partial charge in [0.15, 0.2) is 5.75 Å². The Labute approximate surface area is 218 Å². The van der Waals surface area contributed by atoms with Gasteiger partial charge in [-0.3, -0.25) is 14.9 Å². The Morgan fingerprint density at radius 1 is 0.917 bits per heavy atom. The lowest BCUT2D eigenvalue weighted by atomic mass is 10.1. The van der Waals surface area contributed by atoms with E-state index in [1.165, 1.54) is 18.2 Å². The number of imide groups is 2. The number of carbonyl (C=O) groups is 3. The standard InChI is InChI=1S/C27H22Cl2N2O5/c1-2-12-35-24-22(28)14-18(15-23(24)29)13-21-25(32)30-27(34)31(26(21)33)19-8-10-20(11-9-19)36-16-17-6-4-3-5-7-17/h3-11,13-15H,2,12,16H2,1H3,(H,30,32,34)/b21-13+. The number of barbiturate groups is 1. The predicted molar refractivity (Wildman–Crippen MR) is 138 cm³/mol. The first kappa shape index (κ1) is 25.3. The molecule has 7 nitrogen and oxygen atoms in total. The number of carbonyl (C=O) groups excluding carboxylic acids is 3. The molecule has 1 aliphatic heterocycles. The first-order valence-corrected chi connectivity index (χ1v) is 11.9. The van der Waals surface area contributed by atoms with E-state index in [4.69, 9.17) is 32.7 Å². The van der Waals surface area contributed by atoms with Crippen molar-refractivity contribution >= 4 is 52.8 Å². The van der Waals surface area contributed by atoms with E-state index in [1.54, 1.807) is 24.3 Å². The Morgan fingerprint density at radius 2 is 1.58 bits per heavy atom. The largest absolute Gasteiger partial charge is 0.490 e. The van der Waals surface area contributed by atoms with Crippen LogP contribution in [0, 0.1) is 0 Å². The van der Waals surface area contributed by atoms with Crippen molar-refractivity contribution in [3.63, 3.8) is 0 Å². The van der Waals surface area contributed by atoms with Gasteiger partial charge in [0.1, 0.15) is 17.9 Å². The second-order valence-electron chi connectivity index (χ2n) is 7.89. The summed E-state index contributed by atoms with van der Waals surface area (Å²) in [6.45, 7) is 2.76. The molecule has 0 spiro atoms. The van der Waals surface area contributed by atoms with Crippen LogP contribution in [-0.4, -0.2) is 24.5 Å². The molecule has 1 aliphatic rings. The van der Waals surface area contributed by atoms with Gasteiger partial charge in [-0.2, -0.15) is 0 Å². The number of rotatable bonds is 8. The van der Waals surface area contributed by atoms with Gasteiger partial charge in [0.05, 0.1) is 22.3 Å². The molecule has 4 rings (SSSR count). The molecule has 1 fully saturated rings. The molecule has 0 saturated carbocycles. The zero-order valence-electron chi connectivity index (χ0n) is 19.3. The Hall–Kier alpha value is -3.81. The fourth-order valence-corrected chi connectivity index (χ4v) is 4.11. The molecule has 3 aromatic carbocycles. The summed E-state index contributed by atoms with van der Waals surface area (Å²) in [5.74, 6) is -0.704. The van der Waals surface area contributed by atoms with Crippen molar-refractivity contribution in [3.8, 4) is 11.5 Å². The van der Waals surface area contributed by atoms with Crippen LogP contribution in [-0.2, 0) is 16.2 Å². The number of nitrogens with zero attached hydrogens (tertiary/aromatic N) is 1. The maximum absolute atomic E-state index is 13.2. The summed E-state index contributed by atoms with van der Waals surface area (Å²) in [5, 5.41) is 2.68. The number of halogens is 2. The molecule has 0 atom stereocenters. The molecular weight excluding hydrogens is 503 g/mol. The van der Waals surface area contributed by atoms with E-state index in [-0.39, 0.29) is 21.3 Å². The van der Waals surface area contributed by atoms with E-state index in [1.807, 2.05) is 37.3 Å². The van der Waals surface area contributed by atoms with Crippen molar-refractivity contribution in [2.45, 2.75) is 20.0 Å². The predicted octanol–water partition coefficient (Wildman–Crippen LogP) is 6.03. The lowest BCUT2D eigenvalue weighted by Crippen LogP contribution is -2.54. The molecule has 0 aliphatic carbocycles. The van der Waals surface area contributed by atoms with E-state index in [0.29, 0.717) is 30.3 Å². The smallest absolute Gasteiger partial charge is 0.335 e. The number of urea groups is 1. The molecule has 36 heavy (non-hydrogen) atoms. The van der Waals surface area contributed by atoms with Crippen LogP contribution in [0.2, 0.25) is 10.0 Å². The van der Waals surface area contributed by atoms with Gasteiger partial charge < -0.3 is 9.47 Å². The van der Waals surface area contributed by atoms with E-state index in [9.17, 15) is 14.4 Å². The van der Waals surface area contributed by atoms with Crippen molar-refractivity contribution in [3.05, 3.63) is 93.5 Å². The number of hydrogen-bond donors (Lipinski definition) is 1. The van der Waals surface area contributed by atoms with Crippen molar-refractivity contribution in [2.24, 2.45) is 0 Å². The quantitative estimate of drug-likeness (QED) is 0.287. The maximum atomic E-state index is 13.2. The van der Waals surface area contributed by atoms with E-state index in [0.717, 1.165) is 16.9 Å². The first-order chi connectivity index (χ1) is 17.4. The van der Waals surface area contributed by atoms with Crippen molar-refractivity contribution < 1.29 is 23.9 Å². The van der Waals surface area contributed by atoms with Crippen LogP contribution in [0.1, 0.15) is 24.5 Å². The van der Waals surface area contributed by atoms with Gasteiger partial charge in [0.2, 0.25) is 0 Å². The topological polar surface area (TPSA) is 84.9 Å². The minimum absolute atomic E-state index is 0.241. The third kappa shape index (κ3) is 5.70. The van der Waals surface area contributed by atoms with Crippen LogP contribution in [0.4, 0.5) is 10.5 Å². The van der Waals surface area contributed by atoms with E-state index in [2.05, 4.69) is 5.32 Å². The molecule has 3 aromatic rings. The van der Waals surface area contributed by atoms with Crippen molar-refractivity contribution in [2.75, 3.05) is 11.5 Å². The molecule has 0 bridgehead atoms. The van der Waals surface area contributed by atoms with Gasteiger partial charge in [0, 0.05) is 0 Å². The van der Waals surface area contributed by atoms with Gasteiger partial charge in [-0.1, -0.05) is 60.5 Å².